The van der Waals surface area contributed by atoms with Gasteiger partial charge in [-0.3, -0.25) is 0 Å². The van der Waals surface area contributed by atoms with Crippen molar-refractivity contribution in [3.63, 3.8) is 0 Å². The summed E-state index contributed by atoms with van der Waals surface area (Å²) in [5.74, 6) is -0.758. The molecule has 0 bridgehead atoms. The van der Waals surface area contributed by atoms with Gasteiger partial charge in [-0.05, 0) is 0 Å². The minimum atomic E-state index is -4.43. The molecule has 0 atom stereocenters. The molecule has 0 aliphatic carbocycles. The third-order valence-electron chi connectivity index (χ3n) is 2.63. The lowest BCUT2D eigenvalue weighted by Gasteiger charge is -2.01. The van der Waals surface area contributed by atoms with E-state index in [0.29, 0.717) is 11.0 Å². The van der Waals surface area contributed by atoms with Crippen molar-refractivity contribution < 1.29 is 30.1 Å². The van der Waals surface area contributed by atoms with Crippen molar-refractivity contribution in [3.05, 3.63) is 28.0 Å². The zero-order valence-electron chi connectivity index (χ0n) is 9.32. The average molecular weight is 320 g/mol. The Kier molecular flexibility index (Phi) is 4.10. The predicted molar refractivity (Wildman–Crippen MR) is 59.1 cm³/mol. The van der Waals surface area contributed by atoms with Crippen LogP contribution in [-0.2, 0) is 20.3 Å². The van der Waals surface area contributed by atoms with Crippen LogP contribution in [0.2, 0.25) is 10.0 Å². The topological polar surface area (TPSA) is 8.81 Å². The molecule has 2 aromatic rings. The van der Waals surface area contributed by atoms with Gasteiger partial charge in [0.25, 0.3) is 0 Å². The van der Waals surface area contributed by atoms with Gasteiger partial charge in [0, 0.05) is 12.1 Å². The second-order valence-corrected chi connectivity index (χ2v) is 4.51. The summed E-state index contributed by atoms with van der Waals surface area (Å²) in [6, 6.07) is 2.85. The van der Waals surface area contributed by atoms with Crippen LogP contribution in [0.3, 0.4) is 0 Å². The normalized spacial score (nSPS) is 11.7. The number of aryl methyl sites for hydroxylation is 2. The van der Waals surface area contributed by atoms with Crippen molar-refractivity contribution in [1.82, 2.24) is 4.57 Å². The molecule has 1 heterocycles. The standard InChI is InChI=1S/C10H8Cl2F3N2.ClH/c1-16-7-3-5(11)6(12)4-8(7)17(2)9(16)10(13,14)15;/h3-4H,1-2H3;1H/q+1;/p-1. The Morgan fingerprint density at radius 3 is 2.17 bits per heavy atom. The first-order valence-electron chi connectivity index (χ1n) is 4.64. The van der Waals surface area contributed by atoms with Crippen LogP contribution < -0.4 is 17.0 Å². The number of nitrogens with zero attached hydrogens (tertiary/aromatic N) is 2. The number of rotatable bonds is 0. The van der Waals surface area contributed by atoms with Gasteiger partial charge in [0.05, 0.1) is 24.1 Å². The Labute approximate surface area is 117 Å². The Morgan fingerprint density at radius 2 is 1.67 bits per heavy atom. The van der Waals surface area contributed by atoms with Gasteiger partial charge in [-0.1, -0.05) is 23.2 Å². The summed E-state index contributed by atoms with van der Waals surface area (Å²) in [5.41, 5.74) is 0.767. The minimum Gasteiger partial charge on any atom is -1.00 e. The lowest BCUT2D eigenvalue weighted by atomic mass is 10.3. The van der Waals surface area contributed by atoms with E-state index in [2.05, 4.69) is 0 Å². The molecule has 0 saturated carbocycles. The van der Waals surface area contributed by atoms with Gasteiger partial charge in [0.2, 0.25) is 0 Å². The predicted octanol–water partition coefficient (Wildman–Crippen LogP) is 0.332. The molecule has 2 rings (SSSR count). The molecule has 0 unspecified atom stereocenters. The fraction of sp³-hybridized carbons (Fsp3) is 0.300. The van der Waals surface area contributed by atoms with Gasteiger partial charge in [-0.15, -0.1) is 0 Å². The van der Waals surface area contributed by atoms with E-state index in [1.807, 2.05) is 0 Å². The number of aromatic nitrogens is 2. The third kappa shape index (κ3) is 2.27. The van der Waals surface area contributed by atoms with E-state index in [1.54, 1.807) is 0 Å². The summed E-state index contributed by atoms with van der Waals surface area (Å²) in [4.78, 5) is 0. The molecule has 100 valence electrons. The van der Waals surface area contributed by atoms with Crippen LogP contribution in [-0.4, -0.2) is 4.57 Å². The van der Waals surface area contributed by atoms with Crippen LogP contribution in [0.15, 0.2) is 12.1 Å². The van der Waals surface area contributed by atoms with Crippen molar-refractivity contribution in [2.45, 2.75) is 6.18 Å². The molecule has 0 amide bonds. The molecule has 0 radical (unpaired) electrons. The van der Waals surface area contributed by atoms with Crippen LogP contribution in [0.1, 0.15) is 5.82 Å². The van der Waals surface area contributed by atoms with E-state index in [1.165, 1.54) is 26.2 Å². The van der Waals surface area contributed by atoms with Crippen LogP contribution >= 0.6 is 23.2 Å². The monoisotopic (exact) mass is 318 g/mol. The number of hydrogen-bond donors (Lipinski definition) is 0. The highest BCUT2D eigenvalue weighted by Gasteiger charge is 2.45. The van der Waals surface area contributed by atoms with Crippen LogP contribution in [0, 0.1) is 0 Å². The number of hydrogen-bond acceptors (Lipinski definition) is 0. The number of alkyl halides is 3. The molecule has 2 nitrogen and oxygen atoms in total. The first-order valence-corrected chi connectivity index (χ1v) is 5.39. The van der Waals surface area contributed by atoms with Gasteiger partial charge in [-0.25, -0.2) is 9.13 Å². The van der Waals surface area contributed by atoms with Crippen LogP contribution in [0.5, 0.6) is 0 Å². The van der Waals surface area contributed by atoms with Gasteiger partial charge in [0.15, 0.2) is 11.0 Å². The van der Waals surface area contributed by atoms with E-state index in [0.717, 1.165) is 9.13 Å². The molecule has 0 aliphatic rings. The molecule has 0 aliphatic heterocycles. The number of halogens is 6. The summed E-state index contributed by atoms with van der Waals surface area (Å²) in [7, 11) is 2.69. The fourth-order valence-electron chi connectivity index (χ4n) is 1.90. The molecule has 8 heteroatoms. The van der Waals surface area contributed by atoms with Crippen molar-refractivity contribution in [3.8, 4) is 0 Å². The Bertz CT molecular complexity index is 560. The molecule has 1 aromatic heterocycles. The van der Waals surface area contributed by atoms with Crippen molar-refractivity contribution in [2.24, 2.45) is 14.1 Å². The first kappa shape index (κ1) is 15.4. The van der Waals surface area contributed by atoms with Gasteiger partial charge in [-0.2, -0.15) is 13.2 Å². The molecule has 0 fully saturated rings. The van der Waals surface area contributed by atoms with Crippen LogP contribution in [0.4, 0.5) is 13.2 Å². The third-order valence-corrected chi connectivity index (χ3v) is 3.35. The summed E-state index contributed by atoms with van der Waals surface area (Å²) >= 11 is 11.6. The van der Waals surface area contributed by atoms with E-state index >= 15 is 0 Å². The molecule has 1 aromatic carbocycles. The van der Waals surface area contributed by atoms with Crippen LogP contribution in [0.25, 0.3) is 11.0 Å². The lowest BCUT2D eigenvalue weighted by molar-refractivity contribution is -0.667. The summed E-state index contributed by atoms with van der Waals surface area (Å²) < 4.78 is 40.6. The zero-order chi connectivity index (χ0) is 13.0. The molecular weight excluding hydrogens is 311 g/mol. The van der Waals surface area contributed by atoms with E-state index in [4.69, 9.17) is 23.2 Å². The highest BCUT2D eigenvalue weighted by Crippen LogP contribution is 2.32. The average Bonchev–Trinajstić information content (AvgIpc) is 2.40. The lowest BCUT2D eigenvalue weighted by Crippen LogP contribution is -3.00. The zero-order valence-corrected chi connectivity index (χ0v) is 11.6. The van der Waals surface area contributed by atoms with Crippen molar-refractivity contribution in [2.75, 3.05) is 0 Å². The van der Waals surface area contributed by atoms with Gasteiger partial charge >= 0.3 is 12.0 Å². The summed E-state index contributed by atoms with van der Waals surface area (Å²) in [5, 5.41) is 0.461. The van der Waals surface area contributed by atoms with Crippen molar-refractivity contribution >= 4 is 34.2 Å². The molecular formula is C10H8Cl3F3N2. The second kappa shape index (κ2) is 4.79. The smallest absolute Gasteiger partial charge is 0.495 e. The van der Waals surface area contributed by atoms with Gasteiger partial charge in [0.1, 0.15) is 0 Å². The summed E-state index contributed by atoms with van der Waals surface area (Å²) in [6.45, 7) is 0. The minimum absolute atomic E-state index is 0. The largest absolute Gasteiger partial charge is 1.00 e. The maximum atomic E-state index is 12.8. The van der Waals surface area contributed by atoms with E-state index in [-0.39, 0.29) is 22.5 Å². The number of imidazole rings is 1. The number of fused-ring (bicyclic) bond motifs is 1. The Hall–Kier alpha value is -0.650. The first-order chi connectivity index (χ1) is 7.73. The second-order valence-electron chi connectivity index (χ2n) is 3.69. The fourth-order valence-corrected chi connectivity index (χ4v) is 2.21. The molecule has 0 N–H and O–H groups in total. The van der Waals surface area contributed by atoms with E-state index in [9.17, 15) is 13.2 Å². The maximum absolute atomic E-state index is 12.8. The van der Waals surface area contributed by atoms with Gasteiger partial charge < -0.3 is 12.4 Å². The molecule has 0 saturated heterocycles. The van der Waals surface area contributed by atoms with E-state index < -0.39 is 12.0 Å². The maximum Gasteiger partial charge on any atom is 0.495 e. The van der Waals surface area contributed by atoms with Crippen molar-refractivity contribution in [1.29, 1.82) is 0 Å². The summed E-state index contributed by atoms with van der Waals surface area (Å²) in [6.07, 6.45) is -4.43. The quantitative estimate of drug-likeness (QED) is 0.619. The highest BCUT2D eigenvalue weighted by molar-refractivity contribution is 6.42. The SMILES string of the molecule is Cn1c(C(F)(F)F)[n+](C)c2cc(Cl)c(Cl)cc21.[Cl-]. The Balaban J connectivity index is 0.00000162. The Morgan fingerprint density at radius 1 is 1.17 bits per heavy atom. The number of benzene rings is 1. The molecule has 0 spiro atoms. The highest BCUT2D eigenvalue weighted by atomic mass is 35.5. The molecule has 18 heavy (non-hydrogen) atoms.